The van der Waals surface area contributed by atoms with Crippen molar-refractivity contribution in [3.05, 3.63) is 95.0 Å². The second kappa shape index (κ2) is 10.4. The molecule has 218 valence electrons. The second-order valence-corrected chi connectivity index (χ2v) is 13.7. The minimum atomic E-state index is -3.56. The van der Waals surface area contributed by atoms with Crippen molar-refractivity contribution in [1.29, 1.82) is 0 Å². The summed E-state index contributed by atoms with van der Waals surface area (Å²) in [4.78, 5) is 14.0. The molecule has 9 heteroatoms. The van der Waals surface area contributed by atoms with Gasteiger partial charge in [-0.1, -0.05) is 45.9 Å². The molecule has 2 aromatic carbocycles. The monoisotopic (exact) mass is 584 g/mol. The van der Waals surface area contributed by atoms with Crippen molar-refractivity contribution >= 4 is 21.6 Å². The van der Waals surface area contributed by atoms with Crippen molar-refractivity contribution < 1.29 is 17.6 Å². The largest absolute Gasteiger partial charge is 0.460 e. The van der Waals surface area contributed by atoms with Gasteiger partial charge in [0.05, 0.1) is 22.2 Å². The summed E-state index contributed by atoms with van der Waals surface area (Å²) in [5, 5.41) is 8.50. The maximum atomic E-state index is 13.7. The van der Waals surface area contributed by atoms with Gasteiger partial charge in [-0.15, -0.1) is 0 Å². The summed E-state index contributed by atoms with van der Waals surface area (Å²) in [5.41, 5.74) is 4.91. The maximum Gasteiger partial charge on any atom is 0.243 e. The molecule has 2 aromatic heterocycles. The molecule has 0 unspecified atom stereocenters. The van der Waals surface area contributed by atoms with Gasteiger partial charge < -0.3 is 9.73 Å². The lowest BCUT2D eigenvalue weighted by molar-refractivity contribution is -0.118. The van der Waals surface area contributed by atoms with Crippen LogP contribution in [0.5, 0.6) is 0 Å². The van der Waals surface area contributed by atoms with Crippen molar-refractivity contribution in [2.75, 3.05) is 18.4 Å². The highest BCUT2D eigenvalue weighted by Crippen LogP contribution is 2.51. The number of sulfonamides is 1. The van der Waals surface area contributed by atoms with Gasteiger partial charge in [-0.25, -0.2) is 13.1 Å². The summed E-state index contributed by atoms with van der Waals surface area (Å²) >= 11 is 0. The van der Waals surface area contributed by atoms with Gasteiger partial charge in [0.25, 0.3) is 0 Å². The van der Waals surface area contributed by atoms with Crippen molar-refractivity contribution in [3.8, 4) is 17.0 Å². The third-order valence-corrected chi connectivity index (χ3v) is 10.3. The van der Waals surface area contributed by atoms with E-state index in [1.807, 2.05) is 67.9 Å². The number of carbonyl (C=O) groups excluding carboxylic acids is 1. The van der Waals surface area contributed by atoms with E-state index < -0.39 is 15.9 Å². The number of hydrogen-bond acceptors (Lipinski definition) is 6. The number of aryl methyl sites for hydroxylation is 1. The highest BCUT2D eigenvalue weighted by atomic mass is 32.2. The van der Waals surface area contributed by atoms with E-state index in [2.05, 4.69) is 19.2 Å². The zero-order valence-electron chi connectivity index (χ0n) is 24.6. The van der Waals surface area contributed by atoms with E-state index in [-0.39, 0.29) is 16.1 Å². The molecule has 1 atom stereocenters. The van der Waals surface area contributed by atoms with E-state index in [1.54, 1.807) is 24.3 Å². The molecule has 1 aliphatic heterocycles. The Bertz CT molecular complexity index is 1790. The van der Waals surface area contributed by atoms with E-state index in [4.69, 9.17) is 9.52 Å². The van der Waals surface area contributed by atoms with Crippen LogP contribution in [0.4, 0.5) is 5.82 Å². The number of allylic oxidation sites excluding steroid dienone is 2. The first-order valence-corrected chi connectivity index (χ1v) is 15.9. The smallest absolute Gasteiger partial charge is 0.243 e. The first-order valence-electron chi connectivity index (χ1n) is 14.4. The Morgan fingerprint density at radius 2 is 1.69 bits per heavy atom. The number of anilines is 1. The fraction of sp³-hybridized carbons (Fsp3) is 0.333. The molecule has 1 N–H and O–H groups in total. The van der Waals surface area contributed by atoms with Crippen LogP contribution in [0.2, 0.25) is 0 Å². The number of nitrogens with zero attached hydrogens (tertiary/aromatic N) is 3. The van der Waals surface area contributed by atoms with Gasteiger partial charge in [0.15, 0.2) is 5.78 Å². The molecule has 4 aromatic rings. The van der Waals surface area contributed by atoms with Gasteiger partial charge >= 0.3 is 0 Å². The number of para-hydroxylation sites is 1. The molecule has 2 aliphatic rings. The first kappa shape index (κ1) is 28.2. The van der Waals surface area contributed by atoms with Crippen molar-refractivity contribution in [3.63, 3.8) is 0 Å². The molecule has 0 amide bonds. The Labute approximate surface area is 247 Å². The standard InChI is InChI=1S/C33H36N4O4S/c1-6-36(7-2)42(39,40)24-15-13-22(14-16-24)27-17-18-28(41-27)31-29-21(3)35-37(23-11-9-8-10-12-23)32(29)34-25-19-33(4,5)20-26(38)30(25)31/h8-18,31,34H,6-7,19-20H2,1-5H3/t31-/m1/s1. The van der Waals surface area contributed by atoms with E-state index in [1.165, 1.54) is 4.31 Å². The summed E-state index contributed by atoms with van der Waals surface area (Å²) in [6, 6.07) is 20.5. The molecule has 8 nitrogen and oxygen atoms in total. The molecule has 0 spiro atoms. The number of ketones is 1. The van der Waals surface area contributed by atoms with Crippen LogP contribution in [0.15, 0.2) is 87.3 Å². The lowest BCUT2D eigenvalue weighted by Crippen LogP contribution is -2.34. The van der Waals surface area contributed by atoms with Crippen LogP contribution in [-0.2, 0) is 14.8 Å². The van der Waals surface area contributed by atoms with Crippen molar-refractivity contribution in [2.24, 2.45) is 5.41 Å². The molecule has 1 aliphatic carbocycles. The minimum Gasteiger partial charge on any atom is -0.460 e. The molecule has 6 rings (SSSR count). The normalized spacial score (nSPS) is 18.1. The van der Waals surface area contributed by atoms with Crippen LogP contribution in [0.1, 0.15) is 63.5 Å². The molecule has 0 fully saturated rings. The van der Waals surface area contributed by atoms with Crippen LogP contribution in [0, 0.1) is 12.3 Å². The molecular formula is C33H36N4O4S. The molecule has 0 saturated heterocycles. The molecule has 0 saturated carbocycles. The van der Waals surface area contributed by atoms with Crippen LogP contribution in [-0.4, -0.2) is 41.4 Å². The van der Waals surface area contributed by atoms with Crippen LogP contribution >= 0.6 is 0 Å². The molecule has 42 heavy (non-hydrogen) atoms. The number of rotatable bonds is 7. The van der Waals surface area contributed by atoms with Crippen LogP contribution in [0.3, 0.4) is 0 Å². The second-order valence-electron chi connectivity index (χ2n) is 11.8. The lowest BCUT2D eigenvalue weighted by Gasteiger charge is -2.38. The fourth-order valence-electron chi connectivity index (χ4n) is 6.28. The minimum absolute atomic E-state index is 0.111. The van der Waals surface area contributed by atoms with Crippen LogP contribution < -0.4 is 5.32 Å². The Hall–Kier alpha value is -3.95. The Morgan fingerprint density at radius 1 is 1.00 bits per heavy atom. The Kier molecular flexibility index (Phi) is 6.98. The Balaban J connectivity index is 1.44. The number of aromatic nitrogens is 2. The van der Waals surface area contributed by atoms with Gasteiger partial charge in [-0.2, -0.15) is 9.40 Å². The molecule has 3 heterocycles. The van der Waals surface area contributed by atoms with E-state index in [9.17, 15) is 13.2 Å². The van der Waals surface area contributed by atoms with E-state index >= 15 is 0 Å². The van der Waals surface area contributed by atoms with E-state index in [0.29, 0.717) is 31.0 Å². The topological polar surface area (TPSA) is 97.4 Å². The molecular weight excluding hydrogens is 548 g/mol. The quantitative estimate of drug-likeness (QED) is 0.261. The third-order valence-electron chi connectivity index (χ3n) is 8.27. The predicted molar refractivity (Wildman–Crippen MR) is 163 cm³/mol. The van der Waals surface area contributed by atoms with Gasteiger partial charge in [0.2, 0.25) is 10.0 Å². The zero-order valence-corrected chi connectivity index (χ0v) is 25.5. The van der Waals surface area contributed by atoms with Gasteiger partial charge in [-0.05, 0) is 67.3 Å². The van der Waals surface area contributed by atoms with E-state index in [0.717, 1.165) is 46.0 Å². The lowest BCUT2D eigenvalue weighted by atomic mass is 9.70. The number of carbonyl (C=O) groups is 1. The van der Waals surface area contributed by atoms with Crippen molar-refractivity contribution in [1.82, 2.24) is 14.1 Å². The van der Waals surface area contributed by atoms with Crippen molar-refractivity contribution in [2.45, 2.75) is 58.3 Å². The number of Topliss-reactive ketones (excluding diaryl/α,β-unsaturated/α-hetero) is 1. The highest BCUT2D eigenvalue weighted by Gasteiger charge is 2.44. The zero-order chi connectivity index (χ0) is 29.8. The number of furan rings is 1. The Morgan fingerprint density at radius 3 is 2.36 bits per heavy atom. The highest BCUT2D eigenvalue weighted by molar-refractivity contribution is 7.89. The summed E-state index contributed by atoms with van der Waals surface area (Å²) in [6.07, 6.45) is 1.19. The average molecular weight is 585 g/mol. The fourth-order valence-corrected chi connectivity index (χ4v) is 7.74. The maximum absolute atomic E-state index is 13.7. The third kappa shape index (κ3) is 4.70. The predicted octanol–water partition coefficient (Wildman–Crippen LogP) is 6.67. The molecule has 0 bridgehead atoms. The number of fused-ring (bicyclic) bond motifs is 1. The van der Waals surface area contributed by atoms with Gasteiger partial charge in [0.1, 0.15) is 17.3 Å². The summed E-state index contributed by atoms with van der Waals surface area (Å²) in [5.74, 6) is 1.81. The van der Waals surface area contributed by atoms with Gasteiger partial charge in [0, 0.05) is 41.9 Å². The van der Waals surface area contributed by atoms with Gasteiger partial charge in [-0.3, -0.25) is 4.79 Å². The summed E-state index contributed by atoms with van der Waals surface area (Å²) in [7, 11) is -3.56. The SMILES string of the molecule is CCN(CC)S(=O)(=O)c1ccc(-c2ccc([C@H]3C4=C(CC(C)(C)CC4=O)Nc4c3c(C)nn4-c3ccccc3)o2)cc1. The number of nitrogens with one attached hydrogen (secondary N) is 1. The number of hydrogen-bond donors (Lipinski definition) is 1. The number of benzene rings is 2. The average Bonchev–Trinajstić information content (AvgIpc) is 3.57. The summed E-state index contributed by atoms with van der Waals surface area (Å²) < 4.78 is 35.8. The first-order chi connectivity index (χ1) is 20.0. The molecule has 0 radical (unpaired) electrons. The summed E-state index contributed by atoms with van der Waals surface area (Å²) in [6.45, 7) is 10.7. The van der Waals surface area contributed by atoms with Crippen LogP contribution in [0.25, 0.3) is 17.0 Å².